The van der Waals surface area contributed by atoms with Gasteiger partial charge in [0, 0.05) is 5.75 Å². The summed E-state index contributed by atoms with van der Waals surface area (Å²) in [4.78, 5) is 5.90. The van der Waals surface area contributed by atoms with Crippen LogP contribution in [0.25, 0.3) is 0 Å². The molecule has 0 unspecified atom stereocenters. The maximum Gasteiger partial charge on any atom is 0.108 e. The molecule has 0 fully saturated rings. The van der Waals surface area contributed by atoms with Gasteiger partial charge in [0.15, 0.2) is 0 Å². The van der Waals surface area contributed by atoms with Gasteiger partial charge in [0.25, 0.3) is 0 Å². The molecule has 0 aromatic carbocycles. The van der Waals surface area contributed by atoms with Crippen molar-refractivity contribution >= 4 is 28.1 Å². The van der Waals surface area contributed by atoms with Crippen LogP contribution < -0.4 is 0 Å². The van der Waals surface area contributed by atoms with Crippen LogP contribution in [-0.4, -0.2) is 16.8 Å². The highest BCUT2D eigenvalue weighted by atomic mass is 32.2. The summed E-state index contributed by atoms with van der Waals surface area (Å²) in [6.45, 7) is 4.30. The molecule has 0 spiro atoms. The van der Waals surface area contributed by atoms with Crippen LogP contribution in [0.5, 0.6) is 0 Å². The van der Waals surface area contributed by atoms with Crippen LogP contribution in [0.3, 0.4) is 0 Å². The molecule has 2 rings (SSSR count). The lowest BCUT2D eigenvalue weighted by molar-refractivity contribution is 0.866. The van der Waals surface area contributed by atoms with Gasteiger partial charge in [-0.05, 0) is 30.9 Å². The third-order valence-corrected chi connectivity index (χ3v) is 4.17. The minimum atomic E-state index is 0.507. The van der Waals surface area contributed by atoms with Crippen LogP contribution in [0.2, 0.25) is 0 Å². The van der Waals surface area contributed by atoms with Gasteiger partial charge >= 0.3 is 0 Å². The fraction of sp³-hybridized carbons (Fsp3) is 0.444. The average Bonchev–Trinajstić information content (AvgIpc) is 2.58. The molecule has 0 saturated heterocycles. The summed E-state index contributed by atoms with van der Waals surface area (Å²) in [5.41, 5.74) is 1.35. The lowest BCUT2D eigenvalue weighted by Crippen LogP contribution is -1.92. The zero-order valence-corrected chi connectivity index (χ0v) is 8.84. The highest BCUT2D eigenvalue weighted by molar-refractivity contribution is 8.15. The molecule has 0 saturated carbocycles. The van der Waals surface area contributed by atoms with E-state index < -0.39 is 0 Å². The number of aryl methyl sites for hydroxylation is 1. The summed E-state index contributed by atoms with van der Waals surface area (Å²) in [7, 11) is 0. The average molecular weight is 197 g/mol. The molecule has 1 atom stereocenters. The normalized spacial score (nSPS) is 22.8. The van der Waals surface area contributed by atoms with Crippen molar-refractivity contribution in [3.63, 3.8) is 0 Å². The summed E-state index contributed by atoms with van der Waals surface area (Å²) in [5, 5.41) is 3.42. The molecule has 2 heterocycles. The summed E-state index contributed by atoms with van der Waals surface area (Å²) in [6, 6.07) is 2.72. The Balaban J connectivity index is 2.26. The van der Waals surface area contributed by atoms with Gasteiger partial charge in [-0.1, -0.05) is 0 Å². The van der Waals surface area contributed by atoms with Crippen LogP contribution in [0.1, 0.15) is 17.4 Å². The smallest absolute Gasteiger partial charge is 0.108 e. The standard InChI is InChI=1S/C9H11NS2/c1-6-3-8(11-4-6)9-10-7(2)5-12-9/h3-4,7H,5H2,1-2H3/t7-/m1/s1. The number of nitrogens with zero attached hydrogens (tertiary/aromatic N) is 1. The highest BCUT2D eigenvalue weighted by Gasteiger charge is 2.16. The topological polar surface area (TPSA) is 12.4 Å². The first kappa shape index (κ1) is 8.32. The summed E-state index contributed by atoms with van der Waals surface area (Å²) < 4.78 is 0. The molecule has 12 heavy (non-hydrogen) atoms. The number of aliphatic imine (C=N–C) groups is 1. The Morgan fingerprint density at radius 1 is 1.58 bits per heavy atom. The van der Waals surface area contributed by atoms with Crippen LogP contribution in [0, 0.1) is 6.92 Å². The molecule has 64 valence electrons. The minimum absolute atomic E-state index is 0.507. The van der Waals surface area contributed by atoms with Gasteiger partial charge < -0.3 is 0 Å². The number of hydrogen-bond acceptors (Lipinski definition) is 3. The van der Waals surface area contributed by atoms with Crippen LogP contribution in [0.4, 0.5) is 0 Å². The number of thioether (sulfide) groups is 1. The van der Waals surface area contributed by atoms with Gasteiger partial charge in [-0.3, -0.25) is 4.99 Å². The predicted molar refractivity (Wildman–Crippen MR) is 57.5 cm³/mol. The van der Waals surface area contributed by atoms with Crippen molar-refractivity contribution in [2.24, 2.45) is 4.99 Å². The number of rotatable bonds is 1. The Bertz CT molecular complexity index is 314. The van der Waals surface area contributed by atoms with E-state index >= 15 is 0 Å². The lowest BCUT2D eigenvalue weighted by atomic mass is 10.3. The van der Waals surface area contributed by atoms with E-state index in [1.165, 1.54) is 15.5 Å². The lowest BCUT2D eigenvalue weighted by Gasteiger charge is -1.90. The van der Waals surface area contributed by atoms with Crippen molar-refractivity contribution in [1.82, 2.24) is 0 Å². The Labute approximate surface area is 80.9 Å². The number of thiophene rings is 1. The fourth-order valence-electron chi connectivity index (χ4n) is 1.15. The highest BCUT2D eigenvalue weighted by Crippen LogP contribution is 2.26. The van der Waals surface area contributed by atoms with Gasteiger partial charge in [0.1, 0.15) is 5.04 Å². The van der Waals surface area contributed by atoms with Gasteiger partial charge in [0.2, 0.25) is 0 Å². The second-order valence-corrected chi connectivity index (χ2v) is 5.00. The van der Waals surface area contributed by atoms with E-state index in [4.69, 9.17) is 0 Å². The first-order valence-corrected chi connectivity index (χ1v) is 5.88. The molecule has 1 aliphatic heterocycles. The number of hydrogen-bond donors (Lipinski definition) is 0. The fourth-order valence-corrected chi connectivity index (χ4v) is 3.19. The maximum atomic E-state index is 4.56. The Morgan fingerprint density at radius 2 is 2.42 bits per heavy atom. The second kappa shape index (κ2) is 3.23. The molecule has 1 nitrogen and oxygen atoms in total. The van der Waals surface area contributed by atoms with E-state index in [2.05, 4.69) is 30.3 Å². The van der Waals surface area contributed by atoms with Crippen LogP contribution >= 0.6 is 23.1 Å². The van der Waals surface area contributed by atoms with Gasteiger partial charge in [-0.2, -0.15) is 0 Å². The molecule has 1 aliphatic rings. The maximum absolute atomic E-state index is 4.56. The van der Waals surface area contributed by atoms with Crippen molar-refractivity contribution in [2.75, 3.05) is 5.75 Å². The molecule has 1 aromatic heterocycles. The monoisotopic (exact) mass is 197 g/mol. The molecule has 0 N–H and O–H groups in total. The van der Waals surface area contributed by atoms with E-state index in [1.807, 2.05) is 11.8 Å². The van der Waals surface area contributed by atoms with Gasteiger partial charge in [0.05, 0.1) is 10.9 Å². The Hall–Kier alpha value is -0.280. The van der Waals surface area contributed by atoms with Crippen molar-refractivity contribution < 1.29 is 0 Å². The first-order chi connectivity index (χ1) is 5.75. The quantitative estimate of drug-likeness (QED) is 0.674. The van der Waals surface area contributed by atoms with E-state index in [0.717, 1.165) is 5.75 Å². The molecular weight excluding hydrogens is 186 g/mol. The van der Waals surface area contributed by atoms with Gasteiger partial charge in [-0.15, -0.1) is 23.1 Å². The third kappa shape index (κ3) is 1.57. The SMILES string of the molecule is Cc1csc(C2=N[C@H](C)CS2)c1. The Morgan fingerprint density at radius 3 is 2.92 bits per heavy atom. The zero-order valence-electron chi connectivity index (χ0n) is 7.20. The molecule has 0 bridgehead atoms. The molecule has 0 aliphatic carbocycles. The molecule has 3 heteroatoms. The third-order valence-electron chi connectivity index (χ3n) is 1.74. The predicted octanol–water partition coefficient (Wildman–Crippen LogP) is 2.94. The zero-order chi connectivity index (χ0) is 8.55. The van der Waals surface area contributed by atoms with Crippen LogP contribution in [-0.2, 0) is 0 Å². The van der Waals surface area contributed by atoms with Crippen molar-refractivity contribution in [2.45, 2.75) is 19.9 Å². The summed E-state index contributed by atoms with van der Waals surface area (Å²) >= 11 is 3.67. The van der Waals surface area contributed by atoms with E-state index in [1.54, 1.807) is 11.3 Å². The van der Waals surface area contributed by atoms with Crippen molar-refractivity contribution in [3.05, 3.63) is 21.9 Å². The van der Waals surface area contributed by atoms with Crippen molar-refractivity contribution in [1.29, 1.82) is 0 Å². The van der Waals surface area contributed by atoms with Crippen molar-refractivity contribution in [3.8, 4) is 0 Å². The molecular formula is C9H11NS2. The first-order valence-electron chi connectivity index (χ1n) is 4.02. The molecule has 0 radical (unpaired) electrons. The second-order valence-electron chi connectivity index (χ2n) is 3.08. The Kier molecular flexibility index (Phi) is 2.24. The largest absolute Gasteiger partial charge is 0.273 e. The van der Waals surface area contributed by atoms with E-state index in [9.17, 15) is 0 Å². The van der Waals surface area contributed by atoms with E-state index in [-0.39, 0.29) is 0 Å². The summed E-state index contributed by atoms with van der Waals surface area (Å²) in [6.07, 6.45) is 0. The van der Waals surface area contributed by atoms with Gasteiger partial charge in [-0.25, -0.2) is 0 Å². The van der Waals surface area contributed by atoms with E-state index in [0.29, 0.717) is 6.04 Å². The molecule has 1 aromatic rings. The minimum Gasteiger partial charge on any atom is -0.273 e. The van der Waals surface area contributed by atoms with Crippen LogP contribution in [0.15, 0.2) is 16.4 Å². The molecule has 0 amide bonds. The summed E-state index contributed by atoms with van der Waals surface area (Å²) in [5.74, 6) is 1.15.